The molecule has 3 rings (SSSR count). The van der Waals surface area contributed by atoms with Crippen LogP contribution in [-0.2, 0) is 4.74 Å². The summed E-state index contributed by atoms with van der Waals surface area (Å²) in [5, 5.41) is 3.92. The van der Waals surface area contributed by atoms with E-state index in [0.717, 1.165) is 18.6 Å². The number of ether oxygens (including phenoxy) is 1. The zero-order chi connectivity index (χ0) is 11.9. The highest BCUT2D eigenvalue weighted by Crippen LogP contribution is 2.40. The van der Waals surface area contributed by atoms with Crippen LogP contribution in [0.4, 0.5) is 0 Å². The van der Waals surface area contributed by atoms with E-state index in [-0.39, 0.29) is 0 Å². The second kappa shape index (κ2) is 4.55. The first-order chi connectivity index (χ1) is 8.14. The largest absolute Gasteiger partial charge is 0.376 e. The lowest BCUT2D eigenvalue weighted by molar-refractivity contribution is 0.0742. The van der Waals surface area contributed by atoms with E-state index in [4.69, 9.17) is 4.74 Å². The maximum atomic E-state index is 5.92. The van der Waals surface area contributed by atoms with E-state index < -0.39 is 0 Å². The lowest BCUT2D eigenvalue weighted by Gasteiger charge is -2.37. The quantitative estimate of drug-likeness (QED) is 0.814. The molecule has 17 heavy (non-hydrogen) atoms. The molecule has 2 nitrogen and oxygen atoms in total. The third kappa shape index (κ3) is 2.85. The van der Waals surface area contributed by atoms with Crippen molar-refractivity contribution in [1.82, 2.24) is 5.32 Å². The summed E-state index contributed by atoms with van der Waals surface area (Å²) in [6, 6.07) is 1.40. The summed E-state index contributed by atoms with van der Waals surface area (Å²) in [5.74, 6) is 0.881. The van der Waals surface area contributed by atoms with Crippen LogP contribution in [-0.4, -0.2) is 24.8 Å². The van der Waals surface area contributed by atoms with Gasteiger partial charge < -0.3 is 10.1 Å². The van der Waals surface area contributed by atoms with Crippen LogP contribution in [0.15, 0.2) is 0 Å². The van der Waals surface area contributed by atoms with Crippen LogP contribution >= 0.6 is 0 Å². The van der Waals surface area contributed by atoms with E-state index >= 15 is 0 Å². The molecular weight excluding hydrogens is 210 g/mol. The molecule has 0 spiro atoms. The molecule has 1 heterocycles. The molecule has 0 aromatic rings. The highest BCUT2D eigenvalue weighted by atomic mass is 16.5. The summed E-state index contributed by atoms with van der Waals surface area (Å²) < 4.78 is 5.92. The Morgan fingerprint density at radius 3 is 2.65 bits per heavy atom. The van der Waals surface area contributed by atoms with Crippen LogP contribution in [0.3, 0.4) is 0 Å². The molecule has 0 aromatic heterocycles. The van der Waals surface area contributed by atoms with Gasteiger partial charge in [0, 0.05) is 18.7 Å². The zero-order valence-corrected chi connectivity index (χ0v) is 11.4. The Morgan fingerprint density at radius 2 is 1.94 bits per heavy atom. The van der Waals surface area contributed by atoms with Gasteiger partial charge in [0.1, 0.15) is 0 Å². The fourth-order valence-electron chi connectivity index (χ4n) is 3.82. The lowest BCUT2D eigenvalue weighted by Crippen LogP contribution is -2.46. The second-order valence-electron chi connectivity index (χ2n) is 7.19. The number of hydrogen-bond donors (Lipinski definition) is 1. The molecule has 0 aromatic carbocycles. The van der Waals surface area contributed by atoms with Crippen molar-refractivity contribution >= 4 is 0 Å². The predicted octanol–water partition coefficient (Wildman–Crippen LogP) is 3.11. The molecular formula is C15H27NO. The molecule has 2 saturated carbocycles. The van der Waals surface area contributed by atoms with Crippen LogP contribution < -0.4 is 5.32 Å². The molecule has 3 atom stereocenters. The Morgan fingerprint density at radius 1 is 1.12 bits per heavy atom. The van der Waals surface area contributed by atoms with Crippen molar-refractivity contribution in [3.8, 4) is 0 Å². The first-order valence-electron chi connectivity index (χ1n) is 7.52. The van der Waals surface area contributed by atoms with Gasteiger partial charge >= 0.3 is 0 Å². The maximum absolute atomic E-state index is 5.92. The molecule has 0 bridgehead atoms. The van der Waals surface area contributed by atoms with Crippen molar-refractivity contribution in [2.45, 2.75) is 77.0 Å². The highest BCUT2D eigenvalue weighted by Gasteiger charge is 2.41. The molecule has 1 N–H and O–H groups in total. The smallest absolute Gasteiger partial charge is 0.0757 e. The summed E-state index contributed by atoms with van der Waals surface area (Å²) in [6.45, 7) is 5.82. The predicted molar refractivity (Wildman–Crippen MR) is 70.0 cm³/mol. The average molecular weight is 237 g/mol. The molecule has 3 aliphatic rings. The van der Waals surface area contributed by atoms with Crippen molar-refractivity contribution in [3.63, 3.8) is 0 Å². The Labute approximate surface area is 105 Å². The highest BCUT2D eigenvalue weighted by molar-refractivity contribution is 4.96. The van der Waals surface area contributed by atoms with Gasteiger partial charge in [-0.2, -0.15) is 0 Å². The molecule has 0 radical (unpaired) electrons. The third-order valence-electron chi connectivity index (χ3n) is 4.88. The normalized spacial score (nSPS) is 41.6. The number of rotatable bonds is 3. The minimum Gasteiger partial charge on any atom is -0.376 e. The standard InChI is InChI=1S/C15H27NO/c1-15(2)8-3-4-12(10-15)16-13-7-9-17-14(13)11-5-6-11/h11-14,16H,3-10H2,1-2H3. The van der Waals surface area contributed by atoms with Crippen molar-refractivity contribution in [3.05, 3.63) is 0 Å². The minimum atomic E-state index is 0.542. The molecule has 3 unspecified atom stereocenters. The van der Waals surface area contributed by atoms with Gasteiger partial charge in [-0.1, -0.05) is 20.3 Å². The van der Waals surface area contributed by atoms with E-state index in [0.29, 0.717) is 17.6 Å². The first kappa shape index (κ1) is 12.0. The van der Waals surface area contributed by atoms with Gasteiger partial charge in [0.2, 0.25) is 0 Å². The van der Waals surface area contributed by atoms with Crippen LogP contribution in [0.25, 0.3) is 0 Å². The second-order valence-corrected chi connectivity index (χ2v) is 7.19. The topological polar surface area (TPSA) is 21.3 Å². The van der Waals surface area contributed by atoms with Gasteiger partial charge in [0.05, 0.1) is 6.10 Å². The molecule has 2 heteroatoms. The molecule has 3 fully saturated rings. The number of nitrogens with one attached hydrogen (secondary N) is 1. The summed E-state index contributed by atoms with van der Waals surface area (Å²) in [4.78, 5) is 0. The zero-order valence-electron chi connectivity index (χ0n) is 11.4. The van der Waals surface area contributed by atoms with Crippen molar-refractivity contribution in [2.75, 3.05) is 6.61 Å². The minimum absolute atomic E-state index is 0.542. The van der Waals surface area contributed by atoms with Gasteiger partial charge in [-0.15, -0.1) is 0 Å². The van der Waals surface area contributed by atoms with E-state index in [1.807, 2.05) is 0 Å². The summed E-state index contributed by atoms with van der Waals surface area (Å²) in [7, 11) is 0. The van der Waals surface area contributed by atoms with Crippen LogP contribution in [0, 0.1) is 11.3 Å². The fraction of sp³-hybridized carbons (Fsp3) is 1.00. The summed E-state index contributed by atoms with van der Waals surface area (Å²) >= 11 is 0. The fourth-order valence-corrected chi connectivity index (χ4v) is 3.82. The van der Waals surface area contributed by atoms with Gasteiger partial charge in [-0.3, -0.25) is 0 Å². The maximum Gasteiger partial charge on any atom is 0.0757 e. The van der Waals surface area contributed by atoms with Gasteiger partial charge in [-0.25, -0.2) is 0 Å². The summed E-state index contributed by atoms with van der Waals surface area (Å²) in [6.07, 6.45) is 10.1. The van der Waals surface area contributed by atoms with E-state index in [9.17, 15) is 0 Å². The summed E-state index contributed by atoms with van der Waals surface area (Å²) in [5.41, 5.74) is 0.546. The van der Waals surface area contributed by atoms with Crippen LogP contribution in [0.2, 0.25) is 0 Å². The van der Waals surface area contributed by atoms with E-state index in [2.05, 4.69) is 19.2 Å². The van der Waals surface area contributed by atoms with Gasteiger partial charge in [-0.05, 0) is 49.9 Å². The Bertz CT molecular complexity index is 272. The monoisotopic (exact) mass is 237 g/mol. The van der Waals surface area contributed by atoms with Crippen molar-refractivity contribution < 1.29 is 4.74 Å². The molecule has 1 aliphatic heterocycles. The number of hydrogen-bond acceptors (Lipinski definition) is 2. The Hall–Kier alpha value is -0.0800. The van der Waals surface area contributed by atoms with Crippen LogP contribution in [0.5, 0.6) is 0 Å². The Balaban J connectivity index is 1.55. The molecule has 1 saturated heterocycles. The van der Waals surface area contributed by atoms with E-state index in [1.54, 1.807) is 0 Å². The third-order valence-corrected chi connectivity index (χ3v) is 4.88. The average Bonchev–Trinajstić information content (AvgIpc) is 2.99. The SMILES string of the molecule is CC1(C)CCCC(NC2CCOC2C2CC2)C1. The Kier molecular flexibility index (Phi) is 3.20. The van der Waals surface area contributed by atoms with Crippen molar-refractivity contribution in [2.24, 2.45) is 11.3 Å². The first-order valence-corrected chi connectivity index (χ1v) is 7.52. The van der Waals surface area contributed by atoms with Gasteiger partial charge in [0.15, 0.2) is 0 Å². The lowest BCUT2D eigenvalue weighted by atomic mass is 9.75. The van der Waals surface area contributed by atoms with Gasteiger partial charge in [0.25, 0.3) is 0 Å². The van der Waals surface area contributed by atoms with E-state index in [1.165, 1.54) is 44.9 Å². The molecule has 2 aliphatic carbocycles. The molecule has 0 amide bonds. The molecule has 98 valence electrons. The van der Waals surface area contributed by atoms with Crippen LogP contribution in [0.1, 0.15) is 58.8 Å². The van der Waals surface area contributed by atoms with Crippen molar-refractivity contribution in [1.29, 1.82) is 0 Å².